The predicted octanol–water partition coefficient (Wildman–Crippen LogP) is 4.98. The number of carbonyl (C=O) groups excluding carboxylic acids is 2. The van der Waals surface area contributed by atoms with E-state index in [1.54, 1.807) is 4.90 Å². The van der Waals surface area contributed by atoms with Crippen LogP contribution in [0.4, 0.5) is 21.9 Å². The minimum Gasteiger partial charge on any atom is -0.379 e. The van der Waals surface area contributed by atoms with E-state index in [1.807, 2.05) is 35.9 Å². The molecule has 0 unspecified atom stereocenters. The quantitative estimate of drug-likeness (QED) is 0.234. The van der Waals surface area contributed by atoms with E-state index in [4.69, 9.17) is 19.7 Å². The maximum Gasteiger partial charge on any atom is 0.331 e. The Morgan fingerprint density at radius 1 is 0.958 bits per heavy atom. The number of amides is 3. The highest BCUT2D eigenvalue weighted by Gasteiger charge is 2.43. The average molecular weight is 644 g/mol. The van der Waals surface area contributed by atoms with Gasteiger partial charge in [-0.25, -0.2) is 19.7 Å². The van der Waals surface area contributed by atoms with E-state index >= 15 is 0 Å². The van der Waals surface area contributed by atoms with Gasteiger partial charge in [0.1, 0.15) is 12.4 Å². The molecule has 2 saturated carbocycles. The molecule has 2 saturated heterocycles. The summed E-state index contributed by atoms with van der Waals surface area (Å²) in [6.07, 6.45) is 9.23. The van der Waals surface area contributed by atoms with Gasteiger partial charge in [0.05, 0.1) is 36.7 Å². The zero-order valence-electron chi connectivity index (χ0n) is 27.1. The molecule has 4 aromatic heterocycles. The number of urea groups is 1. The molecule has 2 aliphatic carbocycles. The van der Waals surface area contributed by atoms with Crippen molar-refractivity contribution in [3.63, 3.8) is 0 Å². The summed E-state index contributed by atoms with van der Waals surface area (Å²) >= 11 is 0. The minimum absolute atomic E-state index is 0.0255. The Labute approximate surface area is 277 Å². The number of aryl methyl sites for hydroxylation is 1. The van der Waals surface area contributed by atoms with Gasteiger partial charge in [0.25, 0.3) is 0 Å². The molecule has 1 N–H and O–H groups in total. The highest BCUT2D eigenvalue weighted by molar-refractivity contribution is 6.13. The van der Waals surface area contributed by atoms with Gasteiger partial charge < -0.3 is 19.4 Å². The Morgan fingerprint density at radius 2 is 1.81 bits per heavy atom. The van der Waals surface area contributed by atoms with Crippen molar-refractivity contribution in [1.29, 1.82) is 0 Å². The SMILES string of the molecule is Cc1ccnc([C@@H]2C[C@H]2c2cc(N3CCOCC3)c3ccc(NCc4cn5cc(C6CC6)cc(N6CC(=O)N(C)C6=O)c5n4)cc3n2)n1. The molecule has 2 atom stereocenters. The van der Waals surface area contributed by atoms with Gasteiger partial charge in [-0.05, 0) is 74.1 Å². The average Bonchev–Trinajstić information content (AvgIpc) is 4.04. The van der Waals surface area contributed by atoms with Crippen LogP contribution in [0.5, 0.6) is 0 Å². The Balaban J connectivity index is 1.02. The van der Waals surface area contributed by atoms with Gasteiger partial charge in [0.2, 0.25) is 5.91 Å². The Bertz CT molecular complexity index is 2100. The molecule has 0 bridgehead atoms. The van der Waals surface area contributed by atoms with E-state index in [2.05, 4.69) is 45.7 Å². The van der Waals surface area contributed by atoms with Crippen molar-refractivity contribution in [2.75, 3.05) is 55.0 Å². The summed E-state index contributed by atoms with van der Waals surface area (Å²) in [6, 6.07) is 12.3. The fraction of sp³-hybridized carbons (Fsp3) is 0.389. The molecule has 0 radical (unpaired) electrons. The van der Waals surface area contributed by atoms with Gasteiger partial charge in [-0.15, -0.1) is 0 Å². The Hall–Kier alpha value is -5.10. The number of pyridine rings is 2. The lowest BCUT2D eigenvalue weighted by molar-refractivity contribution is -0.123. The highest BCUT2D eigenvalue weighted by atomic mass is 16.5. The van der Waals surface area contributed by atoms with E-state index in [0.717, 1.165) is 71.8 Å². The van der Waals surface area contributed by atoms with Crippen LogP contribution in [0.25, 0.3) is 16.6 Å². The second kappa shape index (κ2) is 11.3. The number of hydrogen-bond donors (Lipinski definition) is 1. The molecule has 3 amide bonds. The molecule has 5 aromatic rings. The number of nitrogens with one attached hydrogen (secondary N) is 1. The van der Waals surface area contributed by atoms with E-state index in [-0.39, 0.29) is 30.3 Å². The molecule has 12 nitrogen and oxygen atoms in total. The number of likely N-dealkylation sites (N-methyl/N-ethyl adjacent to an activating group) is 1. The summed E-state index contributed by atoms with van der Waals surface area (Å²) in [5, 5.41) is 4.69. The van der Waals surface area contributed by atoms with Gasteiger partial charge in [-0.2, -0.15) is 0 Å². The van der Waals surface area contributed by atoms with Crippen molar-refractivity contribution >= 4 is 45.6 Å². The number of hydrogen-bond acceptors (Lipinski definition) is 9. The number of anilines is 3. The number of ether oxygens (including phenoxy) is 1. The molecular formula is C36H37N9O3. The van der Waals surface area contributed by atoms with Crippen molar-refractivity contribution in [2.24, 2.45) is 0 Å². The van der Waals surface area contributed by atoms with Crippen LogP contribution < -0.4 is 15.1 Å². The predicted molar refractivity (Wildman–Crippen MR) is 182 cm³/mol. The van der Waals surface area contributed by atoms with Crippen LogP contribution in [0.2, 0.25) is 0 Å². The molecule has 244 valence electrons. The molecule has 12 heteroatoms. The van der Waals surface area contributed by atoms with Crippen molar-refractivity contribution in [3.8, 4) is 0 Å². The molecule has 1 aromatic carbocycles. The first kappa shape index (κ1) is 29.1. The fourth-order valence-corrected chi connectivity index (χ4v) is 7.10. The molecule has 0 spiro atoms. The van der Waals surface area contributed by atoms with Crippen LogP contribution >= 0.6 is 0 Å². The first-order chi connectivity index (χ1) is 23.4. The standard InChI is InChI=1S/C36H37N9O3/c1-21-7-8-37-34(39-21)28-15-27(28)30-16-31(43-9-11-48-12-10-43)26-6-5-24(14-29(26)41-30)38-17-25-19-44-18-23(22-3-4-22)13-32(35(44)40-25)45-20-33(46)42(2)36(45)47/h5-8,13-14,16,18-19,22,27-28,38H,3-4,9-12,15,17,20H2,1-2H3/t27-,28-/m1/s1. The van der Waals surface area contributed by atoms with E-state index in [1.165, 1.54) is 23.2 Å². The number of imide groups is 1. The Morgan fingerprint density at radius 3 is 2.58 bits per heavy atom. The van der Waals surface area contributed by atoms with Crippen LogP contribution in [-0.2, 0) is 16.1 Å². The maximum atomic E-state index is 12.9. The van der Waals surface area contributed by atoms with Crippen molar-refractivity contribution in [1.82, 2.24) is 29.2 Å². The number of nitrogens with zero attached hydrogens (tertiary/aromatic N) is 8. The van der Waals surface area contributed by atoms with Gasteiger partial charge in [0.15, 0.2) is 5.65 Å². The lowest BCUT2D eigenvalue weighted by atomic mass is 10.1. The third kappa shape index (κ3) is 5.20. The van der Waals surface area contributed by atoms with Crippen LogP contribution in [0.15, 0.2) is 55.0 Å². The summed E-state index contributed by atoms with van der Waals surface area (Å²) in [6.45, 7) is 5.64. The van der Waals surface area contributed by atoms with Crippen molar-refractivity contribution in [3.05, 3.63) is 83.5 Å². The van der Waals surface area contributed by atoms with Gasteiger partial charge in [0, 0.05) is 78.7 Å². The van der Waals surface area contributed by atoms with E-state index in [9.17, 15) is 9.59 Å². The summed E-state index contributed by atoms with van der Waals surface area (Å²) in [4.78, 5) is 49.8. The number of aromatic nitrogens is 5. The molecule has 2 aliphatic heterocycles. The summed E-state index contributed by atoms with van der Waals surface area (Å²) in [5.41, 5.74) is 8.52. The van der Waals surface area contributed by atoms with Gasteiger partial charge in [-0.3, -0.25) is 19.6 Å². The zero-order valence-corrected chi connectivity index (χ0v) is 27.1. The van der Waals surface area contributed by atoms with Crippen LogP contribution in [-0.4, -0.2) is 81.1 Å². The summed E-state index contributed by atoms with van der Waals surface area (Å²) in [5.74, 6) is 1.74. The van der Waals surface area contributed by atoms with Crippen LogP contribution in [0, 0.1) is 6.92 Å². The van der Waals surface area contributed by atoms with Gasteiger partial charge >= 0.3 is 6.03 Å². The zero-order chi connectivity index (χ0) is 32.5. The first-order valence-electron chi connectivity index (χ1n) is 16.8. The van der Waals surface area contributed by atoms with Crippen molar-refractivity contribution in [2.45, 2.75) is 50.5 Å². The monoisotopic (exact) mass is 643 g/mol. The molecule has 48 heavy (non-hydrogen) atoms. The Kier molecular flexibility index (Phi) is 6.82. The first-order valence-corrected chi connectivity index (χ1v) is 16.8. The van der Waals surface area contributed by atoms with E-state index < -0.39 is 0 Å². The minimum atomic E-state index is -0.319. The lowest BCUT2D eigenvalue weighted by Crippen LogP contribution is -2.36. The molecule has 9 rings (SSSR count). The highest BCUT2D eigenvalue weighted by Crippen LogP contribution is 2.54. The number of imidazole rings is 1. The second-order valence-corrected chi connectivity index (χ2v) is 13.5. The fourth-order valence-electron chi connectivity index (χ4n) is 7.10. The molecule has 4 fully saturated rings. The van der Waals surface area contributed by atoms with Crippen molar-refractivity contribution < 1.29 is 14.3 Å². The van der Waals surface area contributed by atoms with Crippen LogP contribution in [0.3, 0.4) is 0 Å². The number of morpholine rings is 1. The third-order valence-corrected chi connectivity index (χ3v) is 10.1. The topological polar surface area (TPSA) is 121 Å². The molecule has 4 aliphatic rings. The van der Waals surface area contributed by atoms with E-state index in [0.29, 0.717) is 37.0 Å². The molecule has 6 heterocycles. The third-order valence-electron chi connectivity index (χ3n) is 10.1. The maximum absolute atomic E-state index is 12.9. The largest absolute Gasteiger partial charge is 0.379 e. The number of fused-ring (bicyclic) bond motifs is 2. The smallest absolute Gasteiger partial charge is 0.331 e. The van der Waals surface area contributed by atoms with Crippen LogP contribution in [0.1, 0.15) is 65.5 Å². The number of carbonyl (C=O) groups is 2. The lowest BCUT2D eigenvalue weighted by Gasteiger charge is -2.30. The second-order valence-electron chi connectivity index (χ2n) is 13.5. The summed E-state index contributed by atoms with van der Waals surface area (Å²) in [7, 11) is 1.53. The summed E-state index contributed by atoms with van der Waals surface area (Å²) < 4.78 is 7.67. The number of benzene rings is 1. The van der Waals surface area contributed by atoms with Gasteiger partial charge in [-0.1, -0.05) is 0 Å². The molecular weight excluding hydrogens is 606 g/mol. The normalized spacial score (nSPS) is 21.2. The number of rotatable bonds is 8.